The van der Waals surface area contributed by atoms with Crippen LogP contribution in [0.1, 0.15) is 41.6 Å². The first-order valence-corrected chi connectivity index (χ1v) is 9.73. The average molecular weight is 402 g/mol. The zero-order chi connectivity index (χ0) is 19.0. The van der Waals surface area contributed by atoms with Gasteiger partial charge in [-0.2, -0.15) is 0 Å². The van der Waals surface area contributed by atoms with Crippen molar-refractivity contribution in [2.75, 3.05) is 25.4 Å². The van der Waals surface area contributed by atoms with Crippen molar-refractivity contribution in [1.82, 2.24) is 20.2 Å². The number of hydrogen-bond donors (Lipinski definition) is 2. The van der Waals surface area contributed by atoms with Gasteiger partial charge in [0.05, 0.1) is 6.04 Å². The molecule has 0 radical (unpaired) electrons. The molecule has 0 bridgehead atoms. The Bertz CT molecular complexity index is 829. The Balaban J connectivity index is 0.00000225. The molecule has 3 atom stereocenters. The summed E-state index contributed by atoms with van der Waals surface area (Å²) < 4.78 is 0. The quantitative estimate of drug-likeness (QED) is 0.822. The minimum Gasteiger partial charge on any atom is -0.368 e. The first kappa shape index (κ1) is 20.6. The van der Waals surface area contributed by atoms with Crippen molar-refractivity contribution in [3.05, 3.63) is 53.3 Å². The normalized spacial score (nSPS) is 23.5. The molecule has 2 saturated heterocycles. The molecule has 3 N–H and O–H groups in total. The Hall–Kier alpha value is -2.18. The first-order valence-electron chi connectivity index (χ1n) is 9.73. The second-order valence-corrected chi connectivity index (χ2v) is 8.10. The van der Waals surface area contributed by atoms with Crippen LogP contribution in [-0.4, -0.2) is 40.4 Å². The van der Waals surface area contributed by atoms with Gasteiger partial charge in [-0.3, -0.25) is 4.79 Å². The molecule has 150 valence electrons. The van der Waals surface area contributed by atoms with E-state index in [0.717, 1.165) is 31.7 Å². The number of nitrogens with zero attached hydrogens (tertiary/aromatic N) is 3. The molecule has 0 saturated carbocycles. The summed E-state index contributed by atoms with van der Waals surface area (Å²) in [5.74, 6) is 1.49. The van der Waals surface area contributed by atoms with E-state index in [-0.39, 0.29) is 30.3 Å². The summed E-state index contributed by atoms with van der Waals surface area (Å²) >= 11 is 0. The molecule has 7 heteroatoms. The first-order chi connectivity index (χ1) is 13.0. The molecule has 28 heavy (non-hydrogen) atoms. The zero-order valence-electron chi connectivity index (χ0n) is 16.3. The van der Waals surface area contributed by atoms with Crippen molar-refractivity contribution in [2.24, 2.45) is 17.8 Å². The number of nitrogen functional groups attached to an aromatic ring is 1. The number of halogens is 1. The standard InChI is InChI=1S/C21H27N5O.ClH/c1-13(2)8-16-9-18(25-21(22)24-16)20(27)26-12-15-10-23-11-17(15)19(26)14-6-4-3-5-7-14;/h3-7,9,13,15,17,19,23H,8,10-12H2,1-2H3,(H2,22,24,25);1H/t15-,17-,19-;/m0./s1. The van der Waals surface area contributed by atoms with Crippen LogP contribution in [0, 0.1) is 17.8 Å². The molecule has 2 fully saturated rings. The SMILES string of the molecule is CC(C)Cc1cc(C(=O)N2C[C@@H]3CNC[C@@H]3[C@@H]2c2ccccc2)nc(N)n1.Cl. The van der Waals surface area contributed by atoms with Gasteiger partial charge in [0.2, 0.25) is 5.95 Å². The summed E-state index contributed by atoms with van der Waals surface area (Å²) in [6.07, 6.45) is 0.782. The highest BCUT2D eigenvalue weighted by atomic mass is 35.5. The van der Waals surface area contributed by atoms with E-state index in [4.69, 9.17) is 5.73 Å². The maximum Gasteiger partial charge on any atom is 0.273 e. The largest absolute Gasteiger partial charge is 0.368 e. The molecular weight excluding hydrogens is 374 g/mol. The fourth-order valence-corrected chi connectivity index (χ4v) is 4.50. The second kappa shape index (κ2) is 8.45. The molecule has 0 unspecified atom stereocenters. The third kappa shape index (κ3) is 3.98. The predicted octanol–water partition coefficient (Wildman–Crippen LogP) is 2.71. The predicted molar refractivity (Wildman–Crippen MR) is 112 cm³/mol. The molecule has 1 aromatic carbocycles. The fraction of sp³-hybridized carbons (Fsp3) is 0.476. The molecule has 2 aliphatic rings. The number of aromatic nitrogens is 2. The van der Waals surface area contributed by atoms with Crippen molar-refractivity contribution >= 4 is 24.3 Å². The minimum atomic E-state index is -0.0441. The van der Waals surface area contributed by atoms with E-state index in [2.05, 4.69) is 41.3 Å². The van der Waals surface area contributed by atoms with Crippen LogP contribution in [0.2, 0.25) is 0 Å². The molecular formula is C21H28ClN5O. The summed E-state index contributed by atoms with van der Waals surface area (Å²) in [4.78, 5) is 24.0. The van der Waals surface area contributed by atoms with Gasteiger partial charge in [0, 0.05) is 31.2 Å². The van der Waals surface area contributed by atoms with Crippen LogP contribution in [0.5, 0.6) is 0 Å². The molecule has 3 heterocycles. The summed E-state index contributed by atoms with van der Waals surface area (Å²) in [6, 6.07) is 12.2. The lowest BCUT2D eigenvalue weighted by atomic mass is 9.89. The highest BCUT2D eigenvalue weighted by molar-refractivity contribution is 5.93. The Morgan fingerprint density at radius 2 is 2.00 bits per heavy atom. The maximum atomic E-state index is 13.4. The third-order valence-electron chi connectivity index (χ3n) is 5.60. The summed E-state index contributed by atoms with van der Waals surface area (Å²) in [5, 5.41) is 3.48. The van der Waals surface area contributed by atoms with Crippen LogP contribution in [0.4, 0.5) is 5.95 Å². The highest BCUT2D eigenvalue weighted by Gasteiger charge is 2.47. The van der Waals surface area contributed by atoms with E-state index >= 15 is 0 Å². The molecule has 2 aliphatic heterocycles. The monoisotopic (exact) mass is 401 g/mol. The smallest absolute Gasteiger partial charge is 0.273 e. The Kier molecular flexibility index (Phi) is 6.20. The summed E-state index contributed by atoms with van der Waals surface area (Å²) in [6.45, 7) is 6.90. The van der Waals surface area contributed by atoms with Gasteiger partial charge < -0.3 is 16.0 Å². The van der Waals surface area contributed by atoms with Crippen LogP contribution >= 0.6 is 12.4 Å². The van der Waals surface area contributed by atoms with Gasteiger partial charge in [-0.1, -0.05) is 44.2 Å². The number of fused-ring (bicyclic) bond motifs is 1. The van der Waals surface area contributed by atoms with Gasteiger partial charge in [-0.25, -0.2) is 9.97 Å². The highest BCUT2D eigenvalue weighted by Crippen LogP contribution is 2.43. The van der Waals surface area contributed by atoms with E-state index in [1.165, 1.54) is 5.56 Å². The van der Waals surface area contributed by atoms with Gasteiger partial charge >= 0.3 is 0 Å². The minimum absolute atomic E-state index is 0. The average Bonchev–Trinajstić information content (AvgIpc) is 3.21. The van der Waals surface area contributed by atoms with Crippen molar-refractivity contribution in [3.63, 3.8) is 0 Å². The number of nitrogens with two attached hydrogens (primary N) is 1. The number of amides is 1. The molecule has 1 amide bonds. The number of likely N-dealkylation sites (tertiary alicyclic amines) is 1. The van der Waals surface area contributed by atoms with Gasteiger partial charge in [0.15, 0.2) is 0 Å². The lowest BCUT2D eigenvalue weighted by Gasteiger charge is -2.28. The number of carbonyl (C=O) groups excluding carboxylic acids is 1. The van der Waals surface area contributed by atoms with E-state index in [9.17, 15) is 4.79 Å². The lowest BCUT2D eigenvalue weighted by molar-refractivity contribution is 0.0708. The topological polar surface area (TPSA) is 84.1 Å². The van der Waals surface area contributed by atoms with Gasteiger partial charge in [-0.05, 0) is 29.9 Å². The number of anilines is 1. The van der Waals surface area contributed by atoms with Crippen molar-refractivity contribution in [2.45, 2.75) is 26.3 Å². The molecule has 0 spiro atoms. The van der Waals surface area contributed by atoms with Gasteiger partial charge in [0.1, 0.15) is 5.69 Å². The molecule has 4 rings (SSSR count). The third-order valence-corrected chi connectivity index (χ3v) is 5.60. The number of rotatable bonds is 4. The van der Waals surface area contributed by atoms with E-state index in [0.29, 0.717) is 23.4 Å². The van der Waals surface area contributed by atoms with Crippen molar-refractivity contribution < 1.29 is 4.79 Å². The van der Waals surface area contributed by atoms with E-state index in [1.54, 1.807) is 0 Å². The van der Waals surface area contributed by atoms with Crippen LogP contribution < -0.4 is 11.1 Å². The number of hydrogen-bond acceptors (Lipinski definition) is 5. The number of nitrogens with one attached hydrogen (secondary N) is 1. The molecule has 6 nitrogen and oxygen atoms in total. The lowest BCUT2D eigenvalue weighted by Crippen LogP contribution is -2.35. The van der Waals surface area contributed by atoms with Gasteiger partial charge in [-0.15, -0.1) is 12.4 Å². The fourth-order valence-electron chi connectivity index (χ4n) is 4.50. The zero-order valence-corrected chi connectivity index (χ0v) is 17.2. The number of benzene rings is 1. The summed E-state index contributed by atoms with van der Waals surface area (Å²) in [5.41, 5.74) is 8.33. The molecule has 2 aromatic rings. The van der Waals surface area contributed by atoms with Crippen LogP contribution in [0.3, 0.4) is 0 Å². The van der Waals surface area contributed by atoms with E-state index in [1.807, 2.05) is 29.2 Å². The van der Waals surface area contributed by atoms with E-state index < -0.39 is 0 Å². The number of carbonyl (C=O) groups is 1. The van der Waals surface area contributed by atoms with Crippen LogP contribution in [0.15, 0.2) is 36.4 Å². The Labute approximate surface area is 172 Å². The Morgan fingerprint density at radius 3 is 2.71 bits per heavy atom. The van der Waals surface area contributed by atoms with Crippen LogP contribution in [-0.2, 0) is 6.42 Å². The molecule has 0 aliphatic carbocycles. The second-order valence-electron chi connectivity index (χ2n) is 8.10. The Morgan fingerprint density at radius 1 is 1.25 bits per heavy atom. The van der Waals surface area contributed by atoms with Gasteiger partial charge in [0.25, 0.3) is 5.91 Å². The van der Waals surface area contributed by atoms with Crippen LogP contribution in [0.25, 0.3) is 0 Å². The maximum absolute atomic E-state index is 13.4. The molecule has 1 aromatic heterocycles. The summed E-state index contributed by atoms with van der Waals surface area (Å²) in [7, 11) is 0. The van der Waals surface area contributed by atoms with Crippen molar-refractivity contribution in [1.29, 1.82) is 0 Å². The van der Waals surface area contributed by atoms with Crippen molar-refractivity contribution in [3.8, 4) is 0 Å².